The summed E-state index contributed by atoms with van der Waals surface area (Å²) < 4.78 is 0. The number of para-hydroxylation sites is 3. The highest BCUT2D eigenvalue weighted by Gasteiger charge is 2.36. The van der Waals surface area contributed by atoms with Crippen molar-refractivity contribution in [2.24, 2.45) is 4.99 Å². The maximum absolute atomic E-state index is 14.0. The molecule has 1 aliphatic heterocycles. The lowest BCUT2D eigenvalue weighted by atomic mass is 10.0. The van der Waals surface area contributed by atoms with E-state index in [2.05, 4.69) is 15.3 Å². The maximum atomic E-state index is 14.0. The first-order valence-electron chi connectivity index (χ1n) is 15.6. The van der Waals surface area contributed by atoms with Crippen molar-refractivity contribution in [1.29, 1.82) is 0 Å². The van der Waals surface area contributed by atoms with Crippen molar-refractivity contribution >= 4 is 63.1 Å². The first-order valence-corrected chi connectivity index (χ1v) is 16.5. The molecule has 1 aromatic heterocycles. The number of amidine groups is 1. The van der Waals surface area contributed by atoms with Crippen molar-refractivity contribution < 1.29 is 24.6 Å². The first kappa shape index (κ1) is 32.0. The number of hydrogen-bond donors (Lipinski definition) is 3. The number of aromatic carboxylic acids is 1. The number of carbonyl (C=O) groups excluding carboxylic acids is 2. The van der Waals surface area contributed by atoms with Crippen molar-refractivity contribution in [3.63, 3.8) is 0 Å². The summed E-state index contributed by atoms with van der Waals surface area (Å²) in [6.07, 6.45) is 1.53. The Labute approximate surface area is 291 Å². The van der Waals surface area contributed by atoms with Crippen molar-refractivity contribution in [2.75, 3.05) is 10.2 Å². The van der Waals surface area contributed by atoms with Crippen LogP contribution in [0.15, 0.2) is 150 Å². The highest BCUT2D eigenvalue weighted by molar-refractivity contribution is 8.15. The number of phenols is 1. The Morgan fingerprint density at radius 2 is 1.46 bits per heavy atom. The number of nitrogens with one attached hydrogen (secondary N) is 1. The number of hydrogen-bond acceptors (Lipinski definition) is 7. The Morgan fingerprint density at radius 3 is 2.18 bits per heavy atom. The van der Waals surface area contributed by atoms with E-state index in [9.17, 15) is 24.6 Å². The number of aliphatic imine (C=N–C) groups is 1. The van der Waals surface area contributed by atoms with Gasteiger partial charge < -0.3 is 15.5 Å². The monoisotopic (exact) mass is 676 g/mol. The number of carbonyl (C=O) groups is 3. The van der Waals surface area contributed by atoms with Crippen LogP contribution in [0, 0.1) is 0 Å². The number of pyridine rings is 1. The Balaban J connectivity index is 1.19. The molecule has 9 nitrogen and oxygen atoms in total. The summed E-state index contributed by atoms with van der Waals surface area (Å²) in [6, 6.07) is 40.6. The maximum Gasteiger partial charge on any atom is 0.336 e. The lowest BCUT2D eigenvalue weighted by Crippen LogP contribution is -2.32. The minimum Gasteiger partial charge on any atom is -0.507 e. The largest absolute Gasteiger partial charge is 0.507 e. The van der Waals surface area contributed by atoms with E-state index >= 15 is 0 Å². The van der Waals surface area contributed by atoms with Crippen LogP contribution in [0.4, 0.5) is 11.4 Å². The molecule has 7 rings (SSSR count). The second-order valence-electron chi connectivity index (χ2n) is 11.3. The molecule has 1 atom stereocenters. The number of rotatable bonds is 8. The average molecular weight is 677 g/mol. The van der Waals surface area contributed by atoms with Crippen LogP contribution in [0.25, 0.3) is 28.2 Å². The molecule has 1 unspecified atom stereocenters. The molecule has 3 N–H and O–H groups in total. The van der Waals surface area contributed by atoms with Gasteiger partial charge in [-0.1, -0.05) is 109 Å². The molecule has 0 saturated heterocycles. The minimum absolute atomic E-state index is 0.0154. The number of benzene rings is 5. The van der Waals surface area contributed by atoms with Gasteiger partial charge >= 0.3 is 5.97 Å². The highest BCUT2D eigenvalue weighted by atomic mass is 32.2. The van der Waals surface area contributed by atoms with Gasteiger partial charge in [-0.25, -0.2) is 14.8 Å². The Morgan fingerprint density at radius 1 is 0.800 bits per heavy atom. The van der Waals surface area contributed by atoms with Crippen molar-refractivity contribution in [3.05, 3.63) is 162 Å². The normalized spacial score (nSPS) is 14.1. The first-order chi connectivity index (χ1) is 24.4. The van der Waals surface area contributed by atoms with Crippen LogP contribution in [-0.4, -0.2) is 38.1 Å². The molecule has 0 bridgehead atoms. The summed E-state index contributed by atoms with van der Waals surface area (Å²) in [5.74, 6) is -1.76. The quantitative estimate of drug-likeness (QED) is 0.139. The van der Waals surface area contributed by atoms with Crippen LogP contribution in [0.3, 0.4) is 0 Å². The summed E-state index contributed by atoms with van der Waals surface area (Å²) in [5, 5.41) is 23.2. The van der Waals surface area contributed by atoms with Crippen LogP contribution in [0.5, 0.6) is 5.75 Å². The number of aromatic nitrogens is 1. The van der Waals surface area contributed by atoms with Crippen LogP contribution >= 0.6 is 11.8 Å². The molecule has 0 radical (unpaired) electrons. The lowest BCUT2D eigenvalue weighted by molar-refractivity contribution is -0.116. The summed E-state index contributed by atoms with van der Waals surface area (Å²) in [7, 11) is 0. The van der Waals surface area contributed by atoms with Gasteiger partial charge in [0.25, 0.3) is 5.91 Å². The lowest BCUT2D eigenvalue weighted by Gasteiger charge is -2.22. The molecule has 1 aliphatic rings. The summed E-state index contributed by atoms with van der Waals surface area (Å²) >= 11 is 1.14. The van der Waals surface area contributed by atoms with Crippen molar-refractivity contribution in [2.45, 2.75) is 5.25 Å². The molecule has 2 amide bonds. The zero-order chi connectivity index (χ0) is 34.6. The van der Waals surface area contributed by atoms with E-state index in [1.807, 2.05) is 54.6 Å². The van der Waals surface area contributed by atoms with Gasteiger partial charge in [0.2, 0.25) is 5.91 Å². The average Bonchev–Trinajstić information content (AvgIpc) is 3.45. The number of phenolic OH excluding ortho intramolecular Hbond substituents is 1. The predicted molar refractivity (Wildman–Crippen MR) is 197 cm³/mol. The number of fused-ring (bicyclic) bond motifs is 1. The van der Waals surface area contributed by atoms with Crippen LogP contribution < -0.4 is 10.2 Å². The molecule has 5 aromatic carbocycles. The van der Waals surface area contributed by atoms with Gasteiger partial charge in [-0.15, -0.1) is 0 Å². The molecule has 0 spiro atoms. The fraction of sp³-hybridized carbons (Fsp3) is 0.0250. The Hall–Kier alpha value is -6.52. The second-order valence-corrected chi connectivity index (χ2v) is 12.4. The van der Waals surface area contributed by atoms with E-state index in [1.165, 1.54) is 17.0 Å². The fourth-order valence-corrected chi connectivity index (χ4v) is 6.69. The summed E-state index contributed by atoms with van der Waals surface area (Å²) in [4.78, 5) is 50.7. The summed E-state index contributed by atoms with van der Waals surface area (Å²) in [5.41, 5.74) is 4.27. The van der Waals surface area contributed by atoms with Gasteiger partial charge in [0.05, 0.1) is 22.5 Å². The fourth-order valence-electron chi connectivity index (χ4n) is 5.58. The topological polar surface area (TPSA) is 132 Å². The van der Waals surface area contributed by atoms with Crippen LogP contribution in [0.2, 0.25) is 0 Å². The summed E-state index contributed by atoms with van der Waals surface area (Å²) in [6.45, 7) is 0. The van der Waals surface area contributed by atoms with Gasteiger partial charge in [0.1, 0.15) is 16.7 Å². The van der Waals surface area contributed by atoms with E-state index in [0.29, 0.717) is 49.8 Å². The molecule has 244 valence electrons. The van der Waals surface area contributed by atoms with E-state index < -0.39 is 17.1 Å². The predicted octanol–water partition coefficient (Wildman–Crippen LogP) is 8.16. The smallest absolute Gasteiger partial charge is 0.336 e. The Bertz CT molecular complexity index is 2310. The van der Waals surface area contributed by atoms with Gasteiger partial charge in [-0.05, 0) is 54.1 Å². The highest BCUT2D eigenvalue weighted by Crippen LogP contribution is 2.38. The SMILES string of the molecule is O=C(O)c1cc(-c2ccc(NC(=O)C(SC3=N/C(=C\c4ccccc4O)C(=O)N3c3ccccc3)c3ccccc3)cc2)nc2ccccc12. The van der Waals surface area contributed by atoms with Gasteiger partial charge in [-0.3, -0.25) is 14.5 Å². The minimum atomic E-state index is -1.04. The molecule has 2 heterocycles. The number of amides is 2. The molecular weight excluding hydrogens is 649 g/mol. The third kappa shape index (κ3) is 6.60. The van der Waals surface area contributed by atoms with E-state index in [0.717, 1.165) is 11.8 Å². The number of anilines is 2. The van der Waals surface area contributed by atoms with Gasteiger partial charge in [-0.2, -0.15) is 0 Å². The third-order valence-corrected chi connectivity index (χ3v) is 9.24. The van der Waals surface area contributed by atoms with E-state index in [-0.39, 0.29) is 22.9 Å². The van der Waals surface area contributed by atoms with Crippen molar-refractivity contribution in [1.82, 2.24) is 4.98 Å². The molecule has 50 heavy (non-hydrogen) atoms. The standard InChI is InChI=1S/C40H28N4O5S/c45-35-18-10-7-13-27(35)23-34-38(47)44(29-14-5-2-6-15-29)40(43-34)50-36(26-11-3-1-4-12-26)37(46)41-28-21-19-25(20-22-28)33-24-31(39(48)49)30-16-8-9-17-32(30)42-33/h1-24,36,45H,(H,41,46)(H,48,49)/b34-23-. The van der Waals surface area contributed by atoms with Crippen LogP contribution in [-0.2, 0) is 9.59 Å². The molecule has 6 aromatic rings. The molecule has 0 aliphatic carbocycles. The molecule has 0 saturated carbocycles. The van der Waals surface area contributed by atoms with E-state index in [4.69, 9.17) is 0 Å². The van der Waals surface area contributed by atoms with Crippen LogP contribution in [0.1, 0.15) is 26.7 Å². The number of carboxylic acid groups (broad SMARTS) is 1. The van der Waals surface area contributed by atoms with Gasteiger partial charge in [0.15, 0.2) is 5.17 Å². The molecule has 10 heteroatoms. The van der Waals surface area contributed by atoms with Gasteiger partial charge in [0, 0.05) is 22.2 Å². The molecule has 0 fully saturated rings. The zero-order valence-corrected chi connectivity index (χ0v) is 27.1. The zero-order valence-electron chi connectivity index (χ0n) is 26.3. The van der Waals surface area contributed by atoms with E-state index in [1.54, 1.807) is 78.9 Å². The number of aromatic hydroxyl groups is 1. The molecular formula is C40H28N4O5S. The number of nitrogens with zero attached hydrogens (tertiary/aromatic N) is 3. The Kier molecular flexibility index (Phi) is 8.92. The number of carboxylic acids is 1. The number of thioether (sulfide) groups is 1. The van der Waals surface area contributed by atoms with Crippen molar-refractivity contribution in [3.8, 4) is 17.0 Å². The second kappa shape index (κ2) is 13.9. The third-order valence-electron chi connectivity index (χ3n) is 8.03.